The summed E-state index contributed by atoms with van der Waals surface area (Å²) in [6.45, 7) is 5.06. The average molecular weight is 279 g/mol. The van der Waals surface area contributed by atoms with Gasteiger partial charge in [-0.15, -0.1) is 0 Å². The van der Waals surface area contributed by atoms with Gasteiger partial charge in [-0.2, -0.15) is 0 Å². The Balaban J connectivity index is 3.26. The molecule has 0 aliphatic rings. The number of methoxy groups -OCH3 is 1. The molecule has 114 valence electrons. The molecule has 0 heterocycles. The number of hydrogen-bond donors (Lipinski definition) is 2. The van der Waals surface area contributed by atoms with Crippen molar-refractivity contribution < 1.29 is 9.84 Å². The van der Waals surface area contributed by atoms with Crippen molar-refractivity contribution in [3.63, 3.8) is 0 Å². The van der Waals surface area contributed by atoms with Gasteiger partial charge in [0.05, 0.1) is 7.11 Å². The highest BCUT2D eigenvalue weighted by Gasteiger charge is 2.37. The first-order chi connectivity index (χ1) is 9.68. The van der Waals surface area contributed by atoms with Gasteiger partial charge in [0.25, 0.3) is 0 Å². The molecular weight excluding hydrogens is 250 g/mol. The van der Waals surface area contributed by atoms with Crippen LogP contribution in [0.1, 0.15) is 45.1 Å². The number of nitrogens with two attached hydrogens (primary N) is 1. The van der Waals surface area contributed by atoms with Crippen LogP contribution < -0.4 is 10.5 Å². The summed E-state index contributed by atoms with van der Waals surface area (Å²) in [5.41, 5.74) is 7.20. The van der Waals surface area contributed by atoms with E-state index in [-0.39, 0.29) is 17.9 Å². The molecule has 0 saturated heterocycles. The molecule has 0 aliphatic carbocycles. The summed E-state index contributed by atoms with van der Waals surface area (Å²) < 4.78 is 5.34. The highest BCUT2D eigenvalue weighted by molar-refractivity contribution is 5.35. The van der Waals surface area contributed by atoms with Crippen LogP contribution in [0.3, 0.4) is 0 Å². The van der Waals surface area contributed by atoms with E-state index in [2.05, 4.69) is 26.0 Å². The highest BCUT2D eigenvalue weighted by Crippen LogP contribution is 2.39. The molecule has 3 nitrogen and oxygen atoms in total. The van der Waals surface area contributed by atoms with Crippen LogP contribution in [0, 0.1) is 5.92 Å². The molecule has 1 aromatic rings. The van der Waals surface area contributed by atoms with Gasteiger partial charge >= 0.3 is 0 Å². The van der Waals surface area contributed by atoms with Crippen LogP contribution in [-0.2, 0) is 5.41 Å². The zero-order chi connectivity index (χ0) is 15.0. The second-order valence-corrected chi connectivity index (χ2v) is 5.51. The fourth-order valence-electron chi connectivity index (χ4n) is 3.24. The van der Waals surface area contributed by atoms with E-state index in [1.54, 1.807) is 7.11 Å². The van der Waals surface area contributed by atoms with Crippen molar-refractivity contribution in [2.45, 2.75) is 44.9 Å². The summed E-state index contributed by atoms with van der Waals surface area (Å²) in [5.74, 6) is 1.05. The summed E-state index contributed by atoms with van der Waals surface area (Å²) in [6.07, 6.45) is 4.09. The summed E-state index contributed by atoms with van der Waals surface area (Å²) >= 11 is 0. The summed E-state index contributed by atoms with van der Waals surface area (Å²) in [6, 6.07) is 8.14. The van der Waals surface area contributed by atoms with Gasteiger partial charge < -0.3 is 15.6 Å². The van der Waals surface area contributed by atoms with E-state index in [1.165, 1.54) is 5.56 Å². The lowest BCUT2D eigenvalue weighted by molar-refractivity contribution is 0.133. The predicted molar refractivity (Wildman–Crippen MR) is 84.1 cm³/mol. The average Bonchev–Trinajstić information content (AvgIpc) is 2.50. The van der Waals surface area contributed by atoms with E-state index in [1.807, 2.05) is 12.1 Å². The second-order valence-electron chi connectivity index (χ2n) is 5.51. The third-order valence-electron chi connectivity index (χ3n) is 4.34. The topological polar surface area (TPSA) is 55.5 Å². The maximum atomic E-state index is 9.85. The van der Waals surface area contributed by atoms with Crippen LogP contribution in [0.15, 0.2) is 24.3 Å². The SMILES string of the molecule is CCC[C@H](CO)[C@@](CN)(CCC)c1cccc(OC)c1. The molecular formula is C17H29NO2. The molecule has 3 N–H and O–H groups in total. The van der Waals surface area contributed by atoms with E-state index in [0.717, 1.165) is 31.4 Å². The van der Waals surface area contributed by atoms with Crippen LogP contribution in [0.5, 0.6) is 5.75 Å². The molecule has 0 amide bonds. The van der Waals surface area contributed by atoms with Gasteiger partial charge in [0, 0.05) is 18.6 Å². The van der Waals surface area contributed by atoms with Crippen LogP contribution in [0.2, 0.25) is 0 Å². The lowest BCUT2D eigenvalue weighted by Gasteiger charge is -2.40. The highest BCUT2D eigenvalue weighted by atomic mass is 16.5. The van der Waals surface area contributed by atoms with Crippen molar-refractivity contribution in [1.29, 1.82) is 0 Å². The van der Waals surface area contributed by atoms with Crippen LogP contribution in [0.4, 0.5) is 0 Å². The summed E-state index contributed by atoms with van der Waals surface area (Å²) in [4.78, 5) is 0. The van der Waals surface area contributed by atoms with Crippen molar-refractivity contribution in [3.8, 4) is 5.75 Å². The van der Waals surface area contributed by atoms with Crippen molar-refractivity contribution in [2.75, 3.05) is 20.3 Å². The normalized spacial score (nSPS) is 15.7. The fourth-order valence-corrected chi connectivity index (χ4v) is 3.24. The largest absolute Gasteiger partial charge is 0.497 e. The Labute approximate surface area is 123 Å². The Kier molecular flexibility index (Phi) is 7.03. The zero-order valence-electron chi connectivity index (χ0n) is 13.1. The second kappa shape index (κ2) is 8.28. The van der Waals surface area contributed by atoms with Gasteiger partial charge in [0.15, 0.2) is 0 Å². The molecule has 0 bridgehead atoms. The van der Waals surface area contributed by atoms with E-state index < -0.39 is 0 Å². The summed E-state index contributed by atoms with van der Waals surface area (Å²) in [5, 5.41) is 9.85. The third-order valence-corrected chi connectivity index (χ3v) is 4.34. The number of hydrogen-bond acceptors (Lipinski definition) is 3. The molecule has 0 aliphatic heterocycles. The first-order valence-electron chi connectivity index (χ1n) is 7.63. The molecule has 0 fully saturated rings. The Morgan fingerprint density at radius 2 is 2.05 bits per heavy atom. The van der Waals surface area contributed by atoms with Gasteiger partial charge in [-0.3, -0.25) is 0 Å². The smallest absolute Gasteiger partial charge is 0.119 e. The number of aliphatic hydroxyl groups excluding tert-OH is 1. The number of benzene rings is 1. The lowest BCUT2D eigenvalue weighted by atomic mass is 9.66. The first-order valence-corrected chi connectivity index (χ1v) is 7.63. The minimum absolute atomic E-state index is 0.159. The van der Waals surface area contributed by atoms with E-state index in [0.29, 0.717) is 6.54 Å². The van der Waals surface area contributed by atoms with Crippen molar-refractivity contribution in [1.82, 2.24) is 0 Å². The monoisotopic (exact) mass is 279 g/mol. The van der Waals surface area contributed by atoms with Crippen molar-refractivity contribution >= 4 is 0 Å². The number of ether oxygens (including phenoxy) is 1. The van der Waals surface area contributed by atoms with Crippen LogP contribution in [0.25, 0.3) is 0 Å². The predicted octanol–water partition coefficient (Wildman–Crippen LogP) is 3.10. The third kappa shape index (κ3) is 3.53. The molecule has 1 aromatic carbocycles. The van der Waals surface area contributed by atoms with Gasteiger partial charge in [0.2, 0.25) is 0 Å². The van der Waals surface area contributed by atoms with E-state index in [9.17, 15) is 5.11 Å². The van der Waals surface area contributed by atoms with Gasteiger partial charge in [0.1, 0.15) is 5.75 Å². The number of rotatable bonds is 9. The molecule has 0 radical (unpaired) electrons. The van der Waals surface area contributed by atoms with Crippen LogP contribution >= 0.6 is 0 Å². The standard InChI is InChI=1S/C17H29NO2/c1-4-7-15(12-19)17(13-18,10-5-2)14-8-6-9-16(11-14)20-3/h6,8-9,11,15,19H,4-5,7,10,12-13,18H2,1-3H3/t15-,17-/m1/s1. The molecule has 0 unspecified atom stereocenters. The van der Waals surface area contributed by atoms with Crippen LogP contribution in [-0.4, -0.2) is 25.4 Å². The molecule has 0 aromatic heterocycles. The Hall–Kier alpha value is -1.06. The first kappa shape index (κ1) is 17.0. The maximum Gasteiger partial charge on any atom is 0.119 e. The molecule has 1 rings (SSSR count). The van der Waals surface area contributed by atoms with Crippen molar-refractivity contribution in [3.05, 3.63) is 29.8 Å². The fraction of sp³-hybridized carbons (Fsp3) is 0.647. The quantitative estimate of drug-likeness (QED) is 0.730. The lowest BCUT2D eigenvalue weighted by Crippen LogP contribution is -2.44. The summed E-state index contributed by atoms with van der Waals surface area (Å²) in [7, 11) is 1.68. The van der Waals surface area contributed by atoms with Gasteiger partial charge in [-0.05, 0) is 36.5 Å². The Morgan fingerprint density at radius 3 is 2.55 bits per heavy atom. The van der Waals surface area contributed by atoms with E-state index in [4.69, 9.17) is 10.5 Å². The number of aliphatic hydroxyl groups is 1. The van der Waals surface area contributed by atoms with E-state index >= 15 is 0 Å². The molecule has 0 spiro atoms. The Morgan fingerprint density at radius 1 is 1.30 bits per heavy atom. The van der Waals surface area contributed by atoms with Crippen molar-refractivity contribution in [2.24, 2.45) is 11.7 Å². The maximum absolute atomic E-state index is 9.85. The Bertz CT molecular complexity index is 394. The molecule has 20 heavy (non-hydrogen) atoms. The minimum Gasteiger partial charge on any atom is -0.497 e. The zero-order valence-corrected chi connectivity index (χ0v) is 13.1. The van der Waals surface area contributed by atoms with Gasteiger partial charge in [-0.25, -0.2) is 0 Å². The molecule has 0 saturated carbocycles. The molecule has 3 heteroatoms. The molecule has 2 atom stereocenters. The van der Waals surface area contributed by atoms with Gasteiger partial charge in [-0.1, -0.05) is 38.8 Å². The minimum atomic E-state index is -0.159.